The summed E-state index contributed by atoms with van der Waals surface area (Å²) in [7, 11) is 1.91. The van der Waals surface area contributed by atoms with E-state index in [1.165, 1.54) is 16.8 Å². The standard InChI is InChI=1S/C30H33F3N6O2/c1-36-19-34-35-27(36)26(21-4-2-5-21)22-6-3-7-23(13-22)38-16-25-24(30(31,32)33)12-20(15-39(25)28(38)40)14-37-10-8-29(9-11-37)17-41-18-29/h3,6-7,12-13,15-16,19,21,26H,2,4-5,8-11,14,17-18H2,1H3/t26-/m1/s1. The average Bonchev–Trinajstić information content (AvgIpc) is 3.47. The monoisotopic (exact) mass is 566 g/mol. The smallest absolute Gasteiger partial charge is 0.380 e. The lowest BCUT2D eigenvalue weighted by Gasteiger charge is -2.47. The fourth-order valence-corrected chi connectivity index (χ4v) is 6.71. The first kappa shape index (κ1) is 26.5. The van der Waals surface area contributed by atoms with Gasteiger partial charge in [0.15, 0.2) is 0 Å². The van der Waals surface area contributed by atoms with E-state index < -0.39 is 17.4 Å². The highest BCUT2D eigenvalue weighted by Crippen LogP contribution is 2.43. The van der Waals surface area contributed by atoms with Gasteiger partial charge >= 0.3 is 11.9 Å². The summed E-state index contributed by atoms with van der Waals surface area (Å²) in [5.41, 5.74) is 0.756. The van der Waals surface area contributed by atoms with Crippen LogP contribution in [0, 0.1) is 11.3 Å². The number of aromatic nitrogens is 5. The van der Waals surface area contributed by atoms with Crippen molar-refractivity contribution in [1.82, 2.24) is 28.6 Å². The van der Waals surface area contributed by atoms with Crippen molar-refractivity contribution in [3.63, 3.8) is 0 Å². The van der Waals surface area contributed by atoms with E-state index in [-0.39, 0.29) is 16.8 Å². The Balaban J connectivity index is 1.25. The minimum Gasteiger partial charge on any atom is -0.380 e. The zero-order valence-corrected chi connectivity index (χ0v) is 23.0. The summed E-state index contributed by atoms with van der Waals surface area (Å²) in [6, 6.07) is 8.72. The number of pyridine rings is 1. The van der Waals surface area contributed by atoms with Crippen molar-refractivity contribution < 1.29 is 17.9 Å². The van der Waals surface area contributed by atoms with Gasteiger partial charge in [0.2, 0.25) is 0 Å². The van der Waals surface area contributed by atoms with Crippen LogP contribution in [-0.4, -0.2) is 54.9 Å². The topological polar surface area (TPSA) is 69.6 Å². The predicted molar refractivity (Wildman–Crippen MR) is 146 cm³/mol. The summed E-state index contributed by atoms with van der Waals surface area (Å²) in [6.45, 7) is 3.52. The van der Waals surface area contributed by atoms with Gasteiger partial charge in [-0.05, 0) is 74.0 Å². The molecule has 0 unspecified atom stereocenters. The van der Waals surface area contributed by atoms with Crippen LogP contribution >= 0.6 is 0 Å². The average molecular weight is 567 g/mol. The van der Waals surface area contributed by atoms with E-state index in [9.17, 15) is 18.0 Å². The number of nitrogens with zero attached hydrogens (tertiary/aromatic N) is 6. The number of hydrogen-bond acceptors (Lipinski definition) is 5. The van der Waals surface area contributed by atoms with E-state index in [1.54, 1.807) is 18.6 Å². The molecule has 3 aliphatic rings. The van der Waals surface area contributed by atoms with Gasteiger partial charge in [0.25, 0.3) is 0 Å². The van der Waals surface area contributed by atoms with E-state index in [0.29, 0.717) is 23.7 Å². The number of rotatable bonds is 6. The number of imidazole rings is 1. The Hall–Kier alpha value is -3.44. The second kappa shape index (κ2) is 9.84. The molecule has 5 heterocycles. The second-order valence-electron chi connectivity index (χ2n) is 12.1. The minimum absolute atomic E-state index is 0.00329. The lowest BCUT2D eigenvalue weighted by Crippen LogP contribution is -2.50. The van der Waals surface area contributed by atoms with Gasteiger partial charge in [-0.3, -0.25) is 13.9 Å². The Morgan fingerprint density at radius 2 is 1.90 bits per heavy atom. The van der Waals surface area contributed by atoms with Crippen LogP contribution in [0.15, 0.2) is 53.8 Å². The molecular formula is C30H33F3N6O2. The maximum Gasteiger partial charge on any atom is 0.418 e. The van der Waals surface area contributed by atoms with Gasteiger partial charge in [-0.2, -0.15) is 13.2 Å². The van der Waals surface area contributed by atoms with Crippen molar-refractivity contribution in [2.45, 2.75) is 50.7 Å². The fraction of sp³-hybridized carbons (Fsp3) is 0.500. The summed E-state index contributed by atoms with van der Waals surface area (Å²) < 4.78 is 52.7. The highest BCUT2D eigenvalue weighted by Gasteiger charge is 2.41. The maximum atomic E-state index is 14.3. The van der Waals surface area contributed by atoms with Crippen molar-refractivity contribution in [3.8, 4) is 5.69 Å². The summed E-state index contributed by atoms with van der Waals surface area (Å²) >= 11 is 0. The minimum atomic E-state index is -4.60. The van der Waals surface area contributed by atoms with E-state index in [2.05, 4.69) is 15.1 Å². The summed E-state index contributed by atoms with van der Waals surface area (Å²) in [6.07, 6.45) is 5.21. The van der Waals surface area contributed by atoms with Crippen LogP contribution in [0.4, 0.5) is 13.2 Å². The van der Waals surface area contributed by atoms with Crippen LogP contribution in [0.25, 0.3) is 11.2 Å². The molecule has 1 atom stereocenters. The molecule has 2 saturated heterocycles. The Bertz CT molecular complexity index is 1640. The molecule has 0 amide bonds. The molecule has 0 radical (unpaired) electrons. The quantitative estimate of drug-likeness (QED) is 0.336. The van der Waals surface area contributed by atoms with Gasteiger partial charge < -0.3 is 9.30 Å². The molecular weight excluding hydrogens is 533 g/mol. The van der Waals surface area contributed by atoms with Gasteiger partial charge in [-0.1, -0.05) is 18.6 Å². The van der Waals surface area contributed by atoms with E-state index in [0.717, 1.165) is 74.2 Å². The molecule has 1 spiro atoms. The van der Waals surface area contributed by atoms with Crippen LogP contribution in [0.2, 0.25) is 0 Å². The third kappa shape index (κ3) is 4.68. The van der Waals surface area contributed by atoms with Crippen LogP contribution in [0.5, 0.6) is 0 Å². The van der Waals surface area contributed by atoms with Gasteiger partial charge in [0, 0.05) is 37.3 Å². The first-order valence-corrected chi connectivity index (χ1v) is 14.3. The highest BCUT2D eigenvalue weighted by atomic mass is 19.4. The molecule has 0 bridgehead atoms. The zero-order valence-electron chi connectivity index (χ0n) is 23.0. The van der Waals surface area contributed by atoms with Crippen molar-refractivity contribution >= 4 is 5.52 Å². The molecule has 0 N–H and O–H groups in total. The lowest BCUT2D eigenvalue weighted by molar-refractivity contribution is -0.140. The molecule has 2 aliphatic heterocycles. The largest absolute Gasteiger partial charge is 0.418 e. The Morgan fingerprint density at radius 3 is 2.51 bits per heavy atom. The number of halogens is 3. The van der Waals surface area contributed by atoms with Crippen molar-refractivity contribution in [2.75, 3.05) is 26.3 Å². The molecule has 11 heteroatoms. The van der Waals surface area contributed by atoms with Crippen LogP contribution in [0.3, 0.4) is 0 Å². The third-order valence-electron chi connectivity index (χ3n) is 9.42. The molecule has 7 rings (SSSR count). The van der Waals surface area contributed by atoms with Gasteiger partial charge in [0.05, 0.1) is 30.0 Å². The molecule has 1 aliphatic carbocycles. The summed E-state index contributed by atoms with van der Waals surface area (Å²) in [5, 5.41) is 8.44. The second-order valence-corrected chi connectivity index (χ2v) is 12.1. The van der Waals surface area contributed by atoms with Crippen molar-refractivity contribution in [3.05, 3.63) is 82.1 Å². The maximum absolute atomic E-state index is 14.3. The van der Waals surface area contributed by atoms with E-state index in [1.807, 2.05) is 29.8 Å². The third-order valence-corrected chi connectivity index (χ3v) is 9.42. The highest BCUT2D eigenvalue weighted by molar-refractivity contribution is 5.58. The van der Waals surface area contributed by atoms with Crippen molar-refractivity contribution in [2.24, 2.45) is 18.4 Å². The fourth-order valence-electron chi connectivity index (χ4n) is 6.71. The molecule has 8 nitrogen and oxygen atoms in total. The van der Waals surface area contributed by atoms with Gasteiger partial charge in [-0.15, -0.1) is 10.2 Å². The summed E-state index contributed by atoms with van der Waals surface area (Å²) in [5.74, 6) is 1.24. The molecule has 216 valence electrons. The summed E-state index contributed by atoms with van der Waals surface area (Å²) in [4.78, 5) is 15.8. The van der Waals surface area contributed by atoms with Crippen LogP contribution < -0.4 is 5.69 Å². The van der Waals surface area contributed by atoms with Gasteiger partial charge in [-0.25, -0.2) is 4.79 Å². The number of likely N-dealkylation sites (tertiary alicyclic amines) is 1. The number of aryl methyl sites for hydroxylation is 1. The number of fused-ring (bicyclic) bond motifs is 1. The van der Waals surface area contributed by atoms with Gasteiger partial charge in [0.1, 0.15) is 12.2 Å². The molecule has 3 aromatic heterocycles. The number of hydrogen-bond donors (Lipinski definition) is 0. The Kier molecular flexibility index (Phi) is 6.35. The molecule has 3 fully saturated rings. The van der Waals surface area contributed by atoms with E-state index >= 15 is 0 Å². The molecule has 1 saturated carbocycles. The number of alkyl halides is 3. The SMILES string of the molecule is Cn1cnnc1[C@@H](c1cccc(-n2cc3c(C(F)(F)F)cc(CN4CCC5(CC4)COC5)cn3c2=O)c1)C1CCC1. The van der Waals surface area contributed by atoms with Crippen molar-refractivity contribution in [1.29, 1.82) is 0 Å². The predicted octanol–water partition coefficient (Wildman–Crippen LogP) is 4.78. The Labute approximate surface area is 235 Å². The molecule has 4 aromatic rings. The van der Waals surface area contributed by atoms with Crippen LogP contribution in [-0.2, 0) is 24.5 Å². The zero-order chi connectivity index (χ0) is 28.4. The van der Waals surface area contributed by atoms with E-state index in [4.69, 9.17) is 4.74 Å². The normalized spacial score (nSPS) is 20.3. The number of ether oxygens (including phenoxy) is 1. The molecule has 1 aromatic carbocycles. The Morgan fingerprint density at radius 1 is 1.12 bits per heavy atom. The first-order valence-electron chi connectivity index (χ1n) is 14.3. The number of piperidine rings is 1. The molecule has 41 heavy (non-hydrogen) atoms. The first-order chi connectivity index (χ1) is 19.7. The number of benzene rings is 1. The lowest BCUT2D eigenvalue weighted by atomic mass is 9.72. The van der Waals surface area contributed by atoms with Crippen LogP contribution in [0.1, 0.15) is 60.5 Å².